The van der Waals surface area contributed by atoms with E-state index in [0.29, 0.717) is 6.04 Å². The predicted molar refractivity (Wildman–Crippen MR) is 73.2 cm³/mol. The maximum absolute atomic E-state index is 3.78. The Kier molecular flexibility index (Phi) is 4.98. The fraction of sp³-hybridized carbons (Fsp3) is 1.00. The minimum Gasteiger partial charge on any atom is -0.309 e. The molecule has 0 radical (unpaired) electrons. The molecule has 0 saturated carbocycles. The predicted octanol–water partition coefficient (Wildman–Crippen LogP) is 2.20. The maximum Gasteiger partial charge on any atom is 0.0169 e. The zero-order chi connectivity index (χ0) is 11.4. The molecular formula is C13H26N2S. The summed E-state index contributed by atoms with van der Waals surface area (Å²) in [4.78, 5) is 2.65. The summed E-state index contributed by atoms with van der Waals surface area (Å²) in [7, 11) is 0. The molecule has 0 aromatic carbocycles. The monoisotopic (exact) mass is 242 g/mol. The summed E-state index contributed by atoms with van der Waals surface area (Å²) in [5.74, 6) is 3.58. The molecule has 3 atom stereocenters. The molecule has 2 aliphatic heterocycles. The van der Waals surface area contributed by atoms with E-state index in [4.69, 9.17) is 0 Å². The lowest BCUT2D eigenvalue weighted by Crippen LogP contribution is -2.46. The number of nitrogens with one attached hydrogen (secondary N) is 1. The second-order valence-electron chi connectivity index (χ2n) is 5.64. The molecule has 0 aromatic heterocycles. The summed E-state index contributed by atoms with van der Waals surface area (Å²) in [5, 5.41) is 3.78. The van der Waals surface area contributed by atoms with E-state index in [2.05, 4.69) is 35.8 Å². The number of thioether (sulfide) groups is 1. The van der Waals surface area contributed by atoms with Crippen molar-refractivity contribution in [2.45, 2.75) is 45.2 Å². The molecule has 2 rings (SSSR count). The third-order valence-electron chi connectivity index (χ3n) is 3.72. The number of nitrogens with zero attached hydrogens (tertiary/aromatic N) is 1. The molecule has 0 aliphatic carbocycles. The molecule has 0 aromatic rings. The average molecular weight is 242 g/mol. The molecule has 3 unspecified atom stereocenters. The van der Waals surface area contributed by atoms with Gasteiger partial charge < -0.3 is 10.2 Å². The van der Waals surface area contributed by atoms with Crippen molar-refractivity contribution in [2.24, 2.45) is 5.92 Å². The van der Waals surface area contributed by atoms with Gasteiger partial charge in [0.15, 0.2) is 0 Å². The molecule has 16 heavy (non-hydrogen) atoms. The smallest absolute Gasteiger partial charge is 0.0169 e. The van der Waals surface area contributed by atoms with Gasteiger partial charge in [-0.1, -0.05) is 6.92 Å². The quantitative estimate of drug-likeness (QED) is 0.814. The van der Waals surface area contributed by atoms with Crippen molar-refractivity contribution < 1.29 is 0 Å². The van der Waals surface area contributed by atoms with Gasteiger partial charge in [0.25, 0.3) is 0 Å². The van der Waals surface area contributed by atoms with Gasteiger partial charge in [-0.25, -0.2) is 0 Å². The third kappa shape index (κ3) is 3.94. The van der Waals surface area contributed by atoms with Crippen molar-refractivity contribution >= 4 is 11.8 Å². The summed E-state index contributed by atoms with van der Waals surface area (Å²) >= 11 is 2.09. The number of hydrogen-bond acceptors (Lipinski definition) is 3. The molecule has 0 amide bonds. The van der Waals surface area contributed by atoms with E-state index in [1.165, 1.54) is 50.4 Å². The second kappa shape index (κ2) is 6.27. The maximum atomic E-state index is 3.78. The Labute approximate surface area is 105 Å². The fourth-order valence-corrected chi connectivity index (χ4v) is 4.13. The van der Waals surface area contributed by atoms with Gasteiger partial charge in [0.1, 0.15) is 0 Å². The van der Waals surface area contributed by atoms with Crippen LogP contribution in [0.25, 0.3) is 0 Å². The first kappa shape index (κ1) is 12.7. The Morgan fingerprint density at radius 1 is 1.44 bits per heavy atom. The molecule has 0 bridgehead atoms. The van der Waals surface area contributed by atoms with Crippen LogP contribution in [0.1, 0.15) is 33.1 Å². The SMILES string of the molecule is CC1CCCN(CC(C)NC2CCSC2)C1. The summed E-state index contributed by atoms with van der Waals surface area (Å²) < 4.78 is 0. The first-order chi connectivity index (χ1) is 7.74. The molecule has 3 heteroatoms. The average Bonchev–Trinajstić information content (AvgIpc) is 2.70. The Bertz CT molecular complexity index is 204. The van der Waals surface area contributed by atoms with Crippen molar-refractivity contribution in [3.8, 4) is 0 Å². The van der Waals surface area contributed by atoms with Crippen LogP contribution >= 0.6 is 11.8 Å². The highest BCUT2D eigenvalue weighted by molar-refractivity contribution is 7.99. The van der Waals surface area contributed by atoms with E-state index < -0.39 is 0 Å². The van der Waals surface area contributed by atoms with Crippen molar-refractivity contribution in [3.63, 3.8) is 0 Å². The van der Waals surface area contributed by atoms with Crippen molar-refractivity contribution in [1.82, 2.24) is 10.2 Å². The highest BCUT2D eigenvalue weighted by Gasteiger charge is 2.21. The van der Waals surface area contributed by atoms with Crippen molar-refractivity contribution in [3.05, 3.63) is 0 Å². The molecule has 94 valence electrons. The molecule has 2 nitrogen and oxygen atoms in total. The van der Waals surface area contributed by atoms with E-state index in [-0.39, 0.29) is 0 Å². The highest BCUT2D eigenvalue weighted by atomic mass is 32.2. The first-order valence-corrected chi connectivity index (χ1v) is 7.95. The fourth-order valence-electron chi connectivity index (χ4n) is 2.96. The number of piperidine rings is 1. The standard InChI is InChI=1S/C13H26N2S/c1-11-4-3-6-15(8-11)9-12(2)14-13-5-7-16-10-13/h11-14H,3-10H2,1-2H3. The van der Waals surface area contributed by atoms with Gasteiger partial charge in [-0.2, -0.15) is 11.8 Å². The first-order valence-electron chi connectivity index (χ1n) is 6.80. The van der Waals surface area contributed by atoms with Crippen molar-refractivity contribution in [2.75, 3.05) is 31.1 Å². The summed E-state index contributed by atoms with van der Waals surface area (Å²) in [6.45, 7) is 8.60. The molecule has 0 spiro atoms. The van der Waals surface area contributed by atoms with Gasteiger partial charge >= 0.3 is 0 Å². The highest BCUT2D eigenvalue weighted by Crippen LogP contribution is 2.18. The zero-order valence-corrected chi connectivity index (χ0v) is 11.6. The molecule has 2 saturated heterocycles. The van der Waals surface area contributed by atoms with Crippen LogP contribution in [-0.2, 0) is 0 Å². The lowest BCUT2D eigenvalue weighted by Gasteiger charge is -2.33. The lowest BCUT2D eigenvalue weighted by molar-refractivity contribution is 0.167. The minimum atomic E-state index is 0.661. The van der Waals surface area contributed by atoms with Gasteiger partial charge in [-0.15, -0.1) is 0 Å². The van der Waals surface area contributed by atoms with Gasteiger partial charge in [-0.3, -0.25) is 0 Å². The molecule has 2 heterocycles. The largest absolute Gasteiger partial charge is 0.309 e. The third-order valence-corrected chi connectivity index (χ3v) is 4.89. The minimum absolute atomic E-state index is 0.661. The Morgan fingerprint density at radius 3 is 3.00 bits per heavy atom. The van der Waals surface area contributed by atoms with E-state index >= 15 is 0 Å². The van der Waals surface area contributed by atoms with Gasteiger partial charge in [-0.05, 0) is 44.4 Å². The summed E-state index contributed by atoms with van der Waals surface area (Å²) in [6.07, 6.45) is 4.19. The van der Waals surface area contributed by atoms with E-state index in [1.807, 2.05) is 0 Å². The van der Waals surface area contributed by atoms with E-state index in [9.17, 15) is 0 Å². The molecule has 2 fully saturated rings. The van der Waals surface area contributed by atoms with Crippen LogP contribution in [-0.4, -0.2) is 48.1 Å². The summed E-state index contributed by atoms with van der Waals surface area (Å²) in [5.41, 5.74) is 0. The van der Waals surface area contributed by atoms with Crippen LogP contribution in [0.2, 0.25) is 0 Å². The lowest BCUT2D eigenvalue weighted by atomic mass is 10.00. The normalized spacial score (nSPS) is 34.1. The number of rotatable bonds is 4. The second-order valence-corrected chi connectivity index (χ2v) is 6.79. The van der Waals surface area contributed by atoms with Gasteiger partial charge in [0.2, 0.25) is 0 Å². The molecular weight excluding hydrogens is 216 g/mol. The Balaban J connectivity index is 1.67. The number of hydrogen-bond donors (Lipinski definition) is 1. The number of likely N-dealkylation sites (tertiary alicyclic amines) is 1. The zero-order valence-electron chi connectivity index (χ0n) is 10.7. The van der Waals surface area contributed by atoms with Crippen LogP contribution in [0.5, 0.6) is 0 Å². The van der Waals surface area contributed by atoms with Crippen LogP contribution in [0.3, 0.4) is 0 Å². The van der Waals surface area contributed by atoms with Gasteiger partial charge in [0, 0.05) is 30.9 Å². The van der Waals surface area contributed by atoms with Crippen molar-refractivity contribution in [1.29, 1.82) is 0 Å². The Morgan fingerprint density at radius 2 is 2.31 bits per heavy atom. The molecule has 2 aliphatic rings. The van der Waals surface area contributed by atoms with E-state index in [1.54, 1.807) is 0 Å². The van der Waals surface area contributed by atoms with Gasteiger partial charge in [0.05, 0.1) is 0 Å². The summed E-state index contributed by atoms with van der Waals surface area (Å²) in [6, 6.07) is 1.44. The van der Waals surface area contributed by atoms with E-state index in [0.717, 1.165) is 12.0 Å². The topological polar surface area (TPSA) is 15.3 Å². The van der Waals surface area contributed by atoms with Crippen LogP contribution in [0, 0.1) is 5.92 Å². The van der Waals surface area contributed by atoms with Crippen LogP contribution in [0.4, 0.5) is 0 Å². The van der Waals surface area contributed by atoms with Crippen LogP contribution in [0.15, 0.2) is 0 Å². The Hall–Kier alpha value is 0.270. The van der Waals surface area contributed by atoms with Crippen LogP contribution < -0.4 is 5.32 Å². The molecule has 1 N–H and O–H groups in total.